The summed E-state index contributed by atoms with van der Waals surface area (Å²) < 4.78 is 0. The van der Waals surface area contributed by atoms with E-state index in [1.54, 1.807) is 28.0 Å². The zero-order valence-electron chi connectivity index (χ0n) is 18.2. The third-order valence-corrected chi connectivity index (χ3v) is 7.51. The van der Waals surface area contributed by atoms with Gasteiger partial charge in [-0.25, -0.2) is 5.21 Å². The van der Waals surface area contributed by atoms with E-state index in [4.69, 9.17) is 0 Å². The fourth-order valence-electron chi connectivity index (χ4n) is 6.00. The van der Waals surface area contributed by atoms with E-state index in [1.165, 1.54) is 0 Å². The molecule has 1 saturated carbocycles. The molecule has 1 aliphatic carbocycles. The second-order valence-corrected chi connectivity index (χ2v) is 9.32. The molecule has 0 bridgehead atoms. The molecule has 2 aliphatic heterocycles. The lowest BCUT2D eigenvalue weighted by Gasteiger charge is -2.48. The molecule has 3 atom stereocenters. The summed E-state index contributed by atoms with van der Waals surface area (Å²) in [4.78, 5) is 34.3. The van der Waals surface area contributed by atoms with Crippen LogP contribution in [-0.4, -0.2) is 50.4 Å². The van der Waals surface area contributed by atoms with Gasteiger partial charge in [0.15, 0.2) is 5.69 Å². The number of H-pyrrole nitrogens is 1. The fourth-order valence-corrected chi connectivity index (χ4v) is 6.00. The Morgan fingerprint density at radius 2 is 1.85 bits per heavy atom. The number of para-hydroxylation sites is 1. The van der Waals surface area contributed by atoms with Crippen LogP contribution in [0.5, 0.6) is 0 Å². The van der Waals surface area contributed by atoms with Crippen LogP contribution in [0.25, 0.3) is 10.9 Å². The molecule has 2 amide bonds. The zero-order valence-corrected chi connectivity index (χ0v) is 18.2. The van der Waals surface area contributed by atoms with Gasteiger partial charge in [0.2, 0.25) is 11.8 Å². The van der Waals surface area contributed by atoms with Crippen molar-refractivity contribution in [2.24, 2.45) is 0 Å². The summed E-state index contributed by atoms with van der Waals surface area (Å²) in [5.41, 5.74) is 3.71. The lowest BCUT2D eigenvalue weighted by molar-refractivity contribution is -0.991. The number of aromatic amines is 1. The van der Waals surface area contributed by atoms with Gasteiger partial charge in [-0.1, -0.05) is 43.2 Å². The number of rotatable bonds is 3. The number of piperazine rings is 1. The standard InChI is InChI=1S/C25H26N4O4/c30-22-14-27(16-7-1-2-8-16)25(31)21-13-19-18-10-3-4-11-20(18)26-23(19)24(28(21)22)15-6-5-9-17(12-15)29(32)33/h3-6,9-12,16,21,24,26,29,32H,1-2,7-8,13-14H2. The molecule has 0 radical (unpaired) electrons. The predicted octanol–water partition coefficient (Wildman–Crippen LogP) is 2.20. The van der Waals surface area contributed by atoms with E-state index >= 15 is 0 Å². The highest BCUT2D eigenvalue weighted by Crippen LogP contribution is 2.43. The second kappa shape index (κ2) is 7.69. The minimum absolute atomic E-state index is 0.0109. The average Bonchev–Trinajstić information content (AvgIpc) is 3.48. The summed E-state index contributed by atoms with van der Waals surface area (Å²) >= 11 is 0. The Morgan fingerprint density at radius 1 is 1.06 bits per heavy atom. The molecule has 3 aliphatic rings. The summed E-state index contributed by atoms with van der Waals surface area (Å²) in [7, 11) is 0. The molecular weight excluding hydrogens is 420 g/mol. The number of nitrogens with one attached hydrogen (secondary N) is 2. The first-order chi connectivity index (χ1) is 16.0. The molecular formula is C25H26N4O4. The number of quaternary nitrogens is 1. The zero-order chi connectivity index (χ0) is 22.7. The Labute approximate surface area is 190 Å². The summed E-state index contributed by atoms with van der Waals surface area (Å²) in [6.07, 6.45) is 4.55. The normalized spacial score (nSPS) is 24.3. The molecule has 3 N–H and O–H groups in total. The number of carbonyl (C=O) groups excluding carboxylic acids is 2. The number of benzene rings is 2. The van der Waals surface area contributed by atoms with Crippen LogP contribution >= 0.6 is 0 Å². The van der Waals surface area contributed by atoms with Crippen LogP contribution in [-0.2, 0) is 16.0 Å². The minimum atomic E-state index is -1.02. The first kappa shape index (κ1) is 20.4. The molecule has 3 aromatic rings. The van der Waals surface area contributed by atoms with Gasteiger partial charge >= 0.3 is 0 Å². The van der Waals surface area contributed by atoms with Gasteiger partial charge in [-0.2, -0.15) is 5.23 Å². The van der Waals surface area contributed by atoms with Gasteiger partial charge in [0.25, 0.3) is 0 Å². The molecule has 6 rings (SSSR count). The van der Waals surface area contributed by atoms with Crippen molar-refractivity contribution < 1.29 is 20.0 Å². The van der Waals surface area contributed by atoms with Crippen molar-refractivity contribution in [1.82, 2.24) is 14.8 Å². The molecule has 3 heterocycles. The van der Waals surface area contributed by atoms with Gasteiger partial charge in [0.05, 0.1) is 6.04 Å². The van der Waals surface area contributed by atoms with Crippen LogP contribution in [0, 0.1) is 5.21 Å². The largest absolute Gasteiger partial charge is 0.595 e. The molecule has 1 saturated heterocycles. The van der Waals surface area contributed by atoms with E-state index < -0.39 is 17.3 Å². The number of hydrogen-bond donors (Lipinski definition) is 3. The topological polar surface area (TPSA) is 104 Å². The second-order valence-electron chi connectivity index (χ2n) is 9.32. The van der Waals surface area contributed by atoms with Gasteiger partial charge < -0.3 is 20.0 Å². The smallest absolute Gasteiger partial charge is 0.246 e. The summed E-state index contributed by atoms with van der Waals surface area (Å²) in [5.74, 6) is -0.0710. The number of fused-ring (bicyclic) bond motifs is 4. The maximum atomic E-state index is 13.7. The van der Waals surface area contributed by atoms with Crippen molar-refractivity contribution in [3.63, 3.8) is 0 Å². The highest BCUT2D eigenvalue weighted by molar-refractivity contribution is 5.97. The lowest BCUT2D eigenvalue weighted by Crippen LogP contribution is -2.99. The Balaban J connectivity index is 1.51. The van der Waals surface area contributed by atoms with E-state index in [1.807, 2.05) is 30.3 Å². The fraction of sp³-hybridized carbons (Fsp3) is 0.360. The van der Waals surface area contributed by atoms with Crippen LogP contribution in [0.1, 0.15) is 48.5 Å². The third kappa shape index (κ3) is 3.17. The molecule has 3 unspecified atom stereocenters. The van der Waals surface area contributed by atoms with Crippen LogP contribution in [0.4, 0.5) is 5.69 Å². The first-order valence-electron chi connectivity index (χ1n) is 11.6. The third-order valence-electron chi connectivity index (χ3n) is 7.51. The number of aromatic nitrogens is 1. The molecule has 1 aromatic heterocycles. The van der Waals surface area contributed by atoms with Gasteiger partial charge in [0, 0.05) is 41.2 Å². The van der Waals surface area contributed by atoms with Gasteiger partial charge in [0.1, 0.15) is 12.6 Å². The maximum absolute atomic E-state index is 13.7. The first-order valence-corrected chi connectivity index (χ1v) is 11.6. The minimum Gasteiger partial charge on any atom is -0.595 e. The Hall–Kier alpha value is -3.20. The molecule has 0 spiro atoms. The monoisotopic (exact) mass is 446 g/mol. The summed E-state index contributed by atoms with van der Waals surface area (Å²) in [6.45, 7) is 0.0880. The predicted molar refractivity (Wildman–Crippen MR) is 121 cm³/mol. The SMILES string of the molecule is O=C1C2Cc3c([nH]c4ccccc34)C(c3cccc([NH+]([O-])O)c3)N2C(=O)CN1C1CCCC1. The molecule has 8 heteroatoms. The van der Waals surface area contributed by atoms with E-state index in [9.17, 15) is 20.0 Å². The number of amides is 2. The molecule has 2 fully saturated rings. The molecule has 2 aromatic carbocycles. The molecule has 33 heavy (non-hydrogen) atoms. The van der Waals surface area contributed by atoms with Crippen LogP contribution in [0.2, 0.25) is 0 Å². The molecule has 8 nitrogen and oxygen atoms in total. The Morgan fingerprint density at radius 3 is 2.64 bits per heavy atom. The number of nitrogens with zero attached hydrogens (tertiary/aromatic N) is 2. The van der Waals surface area contributed by atoms with Gasteiger partial charge in [-0.3, -0.25) is 9.59 Å². The van der Waals surface area contributed by atoms with Crippen molar-refractivity contribution in [1.29, 1.82) is 0 Å². The van der Waals surface area contributed by atoms with Crippen molar-refractivity contribution in [2.45, 2.75) is 50.2 Å². The van der Waals surface area contributed by atoms with Crippen molar-refractivity contribution >= 4 is 28.4 Å². The Bertz CT molecular complexity index is 1250. The van der Waals surface area contributed by atoms with E-state index in [2.05, 4.69) is 4.98 Å². The van der Waals surface area contributed by atoms with Crippen LogP contribution in [0.3, 0.4) is 0 Å². The van der Waals surface area contributed by atoms with E-state index in [0.29, 0.717) is 12.0 Å². The lowest BCUT2D eigenvalue weighted by atomic mass is 9.85. The van der Waals surface area contributed by atoms with Crippen molar-refractivity contribution in [2.75, 3.05) is 6.54 Å². The quantitative estimate of drug-likeness (QED) is 0.537. The van der Waals surface area contributed by atoms with Crippen molar-refractivity contribution in [3.8, 4) is 0 Å². The highest BCUT2D eigenvalue weighted by Gasteiger charge is 2.49. The van der Waals surface area contributed by atoms with E-state index in [0.717, 1.165) is 47.8 Å². The number of carbonyl (C=O) groups is 2. The molecule has 170 valence electrons. The maximum Gasteiger partial charge on any atom is 0.246 e. The van der Waals surface area contributed by atoms with Crippen molar-refractivity contribution in [3.05, 3.63) is 70.6 Å². The van der Waals surface area contributed by atoms with Gasteiger partial charge in [-0.15, -0.1) is 0 Å². The van der Waals surface area contributed by atoms with Crippen LogP contribution in [0.15, 0.2) is 48.5 Å². The average molecular weight is 447 g/mol. The Kier molecular flexibility index (Phi) is 4.76. The summed E-state index contributed by atoms with van der Waals surface area (Å²) in [6, 6.07) is 13.7. The van der Waals surface area contributed by atoms with E-state index in [-0.39, 0.29) is 30.1 Å². The number of hydrogen-bond acceptors (Lipinski definition) is 4. The summed E-state index contributed by atoms with van der Waals surface area (Å²) in [5, 5.41) is 21.2. The van der Waals surface area contributed by atoms with Crippen LogP contribution < -0.4 is 5.23 Å². The highest BCUT2D eigenvalue weighted by atomic mass is 16.8. The van der Waals surface area contributed by atoms with Gasteiger partial charge in [-0.05, 0) is 30.0 Å².